The number of hydrogen-bond donors (Lipinski definition) is 0. The van der Waals surface area contributed by atoms with Crippen LogP contribution >= 0.6 is 0 Å². The molecule has 2 aliphatic heterocycles. The second kappa shape index (κ2) is 9.51. The molecule has 2 fully saturated rings. The summed E-state index contributed by atoms with van der Waals surface area (Å²) in [6, 6.07) is 8.08. The first kappa shape index (κ1) is 24.2. The SMILES string of the molecule is COc1cc(OC(F)(F)F)cc(-c2nc(N3CCCC4(CCN(c5ccnc(C)c5)CC4)C3)no2)c1. The molecular weight excluding hydrogens is 475 g/mol. The average molecular weight is 504 g/mol. The average Bonchev–Trinajstić information content (AvgIpc) is 3.34. The second-order valence-electron chi connectivity index (χ2n) is 9.51. The molecule has 36 heavy (non-hydrogen) atoms. The number of aryl methyl sites for hydroxylation is 1. The van der Waals surface area contributed by atoms with Crippen molar-refractivity contribution in [2.75, 3.05) is 43.1 Å². The standard InChI is InChI=1S/C25H28F3N5O3/c1-17-12-19(4-8-29-17)32-10-6-24(7-11-32)5-3-9-33(16-24)23-30-22(36-31-23)18-13-20(34-2)15-21(14-18)35-25(26,27)28/h4,8,12-15H,3,5-7,9-11,16H2,1-2H3. The fourth-order valence-corrected chi connectivity index (χ4v) is 5.22. The van der Waals surface area contributed by atoms with Gasteiger partial charge in [-0.15, -0.1) is 13.2 Å². The Kier molecular flexibility index (Phi) is 6.40. The van der Waals surface area contributed by atoms with Crippen LogP contribution in [0.5, 0.6) is 11.5 Å². The lowest BCUT2D eigenvalue weighted by atomic mass is 9.72. The number of anilines is 2. The van der Waals surface area contributed by atoms with Crippen molar-refractivity contribution in [3.63, 3.8) is 0 Å². The molecule has 0 bridgehead atoms. The van der Waals surface area contributed by atoms with Crippen molar-refractivity contribution in [3.05, 3.63) is 42.2 Å². The summed E-state index contributed by atoms with van der Waals surface area (Å²) in [5.41, 5.74) is 2.68. The molecule has 1 spiro atoms. The van der Waals surface area contributed by atoms with Gasteiger partial charge >= 0.3 is 6.36 Å². The zero-order valence-electron chi connectivity index (χ0n) is 20.2. The molecule has 0 aliphatic carbocycles. The van der Waals surface area contributed by atoms with E-state index in [1.54, 1.807) is 0 Å². The maximum absolute atomic E-state index is 12.7. The van der Waals surface area contributed by atoms with Crippen molar-refractivity contribution in [2.45, 2.75) is 39.0 Å². The number of methoxy groups -OCH3 is 1. The van der Waals surface area contributed by atoms with Crippen molar-refractivity contribution < 1.29 is 27.2 Å². The smallest absolute Gasteiger partial charge is 0.497 e. The van der Waals surface area contributed by atoms with Crippen molar-refractivity contribution in [1.82, 2.24) is 15.1 Å². The number of ether oxygens (including phenoxy) is 2. The van der Waals surface area contributed by atoms with E-state index in [0.29, 0.717) is 11.5 Å². The van der Waals surface area contributed by atoms with E-state index in [-0.39, 0.29) is 17.1 Å². The molecule has 0 unspecified atom stereocenters. The molecule has 2 saturated heterocycles. The summed E-state index contributed by atoms with van der Waals surface area (Å²) in [6.45, 7) is 5.56. The topological polar surface area (TPSA) is 76.8 Å². The molecule has 8 nitrogen and oxygen atoms in total. The lowest BCUT2D eigenvalue weighted by Gasteiger charge is -2.47. The van der Waals surface area contributed by atoms with Crippen LogP contribution in [0, 0.1) is 12.3 Å². The zero-order chi connectivity index (χ0) is 25.3. The minimum atomic E-state index is -4.82. The van der Waals surface area contributed by atoms with Gasteiger partial charge in [0.05, 0.1) is 7.11 Å². The second-order valence-corrected chi connectivity index (χ2v) is 9.51. The van der Waals surface area contributed by atoms with Gasteiger partial charge in [0.2, 0.25) is 0 Å². The number of pyridine rings is 1. The minimum absolute atomic E-state index is 0.110. The molecule has 4 heterocycles. The summed E-state index contributed by atoms with van der Waals surface area (Å²) < 4.78 is 52.9. The summed E-state index contributed by atoms with van der Waals surface area (Å²) in [5, 5.41) is 4.14. The van der Waals surface area contributed by atoms with Crippen LogP contribution in [0.15, 0.2) is 41.1 Å². The fraction of sp³-hybridized carbons (Fsp3) is 0.480. The number of alkyl halides is 3. The van der Waals surface area contributed by atoms with E-state index in [1.165, 1.54) is 24.9 Å². The largest absolute Gasteiger partial charge is 0.573 e. The molecule has 1 aromatic carbocycles. The van der Waals surface area contributed by atoms with Gasteiger partial charge in [0.15, 0.2) is 0 Å². The first-order valence-electron chi connectivity index (χ1n) is 11.9. The van der Waals surface area contributed by atoms with Crippen LogP contribution in [0.25, 0.3) is 11.5 Å². The van der Waals surface area contributed by atoms with Gasteiger partial charge in [-0.2, -0.15) is 4.98 Å². The third-order valence-corrected chi connectivity index (χ3v) is 7.03. The third kappa shape index (κ3) is 5.34. The fourth-order valence-electron chi connectivity index (χ4n) is 5.22. The van der Waals surface area contributed by atoms with Crippen molar-refractivity contribution in [3.8, 4) is 23.0 Å². The Balaban J connectivity index is 1.29. The minimum Gasteiger partial charge on any atom is -0.497 e. The van der Waals surface area contributed by atoms with Crippen molar-refractivity contribution >= 4 is 11.6 Å². The van der Waals surface area contributed by atoms with Gasteiger partial charge in [0.25, 0.3) is 11.8 Å². The van der Waals surface area contributed by atoms with Gasteiger partial charge in [-0.1, -0.05) is 0 Å². The molecule has 0 atom stereocenters. The number of nitrogens with zero attached hydrogens (tertiary/aromatic N) is 5. The molecular formula is C25H28F3N5O3. The van der Waals surface area contributed by atoms with Gasteiger partial charge in [-0.3, -0.25) is 4.98 Å². The number of piperidine rings is 2. The van der Waals surface area contributed by atoms with Crippen molar-refractivity contribution in [1.29, 1.82) is 0 Å². The van der Waals surface area contributed by atoms with E-state index in [0.717, 1.165) is 63.6 Å². The summed E-state index contributed by atoms with van der Waals surface area (Å²) in [7, 11) is 1.37. The number of aromatic nitrogens is 3. The lowest BCUT2D eigenvalue weighted by Crippen LogP contribution is -2.50. The van der Waals surface area contributed by atoms with Crippen LogP contribution < -0.4 is 19.3 Å². The van der Waals surface area contributed by atoms with Crippen molar-refractivity contribution in [2.24, 2.45) is 5.41 Å². The van der Waals surface area contributed by atoms with E-state index < -0.39 is 12.1 Å². The number of rotatable bonds is 5. The van der Waals surface area contributed by atoms with Gasteiger partial charge in [-0.05, 0) is 67.4 Å². The van der Waals surface area contributed by atoms with Gasteiger partial charge in [0, 0.05) is 55.4 Å². The molecule has 11 heteroatoms. The molecule has 0 radical (unpaired) electrons. The quantitative estimate of drug-likeness (QED) is 0.468. The van der Waals surface area contributed by atoms with Crippen LogP contribution in [0.3, 0.4) is 0 Å². The Bertz CT molecular complexity index is 1210. The summed E-state index contributed by atoms with van der Waals surface area (Å²) in [5.74, 6) is 0.333. The van der Waals surface area contributed by atoms with Gasteiger partial charge in [0.1, 0.15) is 11.5 Å². The monoisotopic (exact) mass is 503 g/mol. The maximum atomic E-state index is 12.7. The Morgan fingerprint density at radius 1 is 1.00 bits per heavy atom. The van der Waals surface area contributed by atoms with Gasteiger partial charge in [-0.25, -0.2) is 0 Å². The summed E-state index contributed by atoms with van der Waals surface area (Å²) >= 11 is 0. The first-order chi connectivity index (χ1) is 17.2. The maximum Gasteiger partial charge on any atom is 0.573 e. The van der Waals surface area contributed by atoms with E-state index in [9.17, 15) is 13.2 Å². The molecule has 2 aliphatic rings. The van der Waals surface area contributed by atoms with Crippen LogP contribution in [0.2, 0.25) is 0 Å². The number of benzene rings is 1. The molecule has 192 valence electrons. The normalized spacial score (nSPS) is 17.9. The van der Waals surface area contributed by atoms with Crippen LogP contribution in [0.1, 0.15) is 31.4 Å². The highest BCUT2D eigenvalue weighted by atomic mass is 19.4. The predicted octanol–water partition coefficient (Wildman–Crippen LogP) is 5.23. The molecule has 0 saturated carbocycles. The Morgan fingerprint density at radius 2 is 1.78 bits per heavy atom. The Morgan fingerprint density at radius 3 is 2.50 bits per heavy atom. The highest BCUT2D eigenvalue weighted by Crippen LogP contribution is 2.42. The van der Waals surface area contributed by atoms with Gasteiger partial charge < -0.3 is 23.8 Å². The van der Waals surface area contributed by atoms with E-state index in [4.69, 9.17) is 9.26 Å². The molecule has 0 amide bonds. The highest BCUT2D eigenvalue weighted by Gasteiger charge is 2.39. The third-order valence-electron chi connectivity index (χ3n) is 7.03. The Labute approximate surface area is 207 Å². The molecule has 0 N–H and O–H groups in total. The molecule has 5 rings (SSSR count). The number of halogens is 3. The van der Waals surface area contributed by atoms with E-state index in [1.807, 2.05) is 13.1 Å². The number of hydrogen-bond acceptors (Lipinski definition) is 8. The van der Waals surface area contributed by atoms with Crippen LogP contribution in [-0.2, 0) is 0 Å². The predicted molar refractivity (Wildman–Crippen MR) is 127 cm³/mol. The Hall–Kier alpha value is -3.50. The molecule has 2 aromatic heterocycles. The van der Waals surface area contributed by atoms with E-state index >= 15 is 0 Å². The lowest BCUT2D eigenvalue weighted by molar-refractivity contribution is -0.274. The summed E-state index contributed by atoms with van der Waals surface area (Å²) in [6.07, 6.45) is 1.31. The van der Waals surface area contributed by atoms with Crippen LogP contribution in [-0.4, -0.2) is 54.8 Å². The summed E-state index contributed by atoms with van der Waals surface area (Å²) in [4.78, 5) is 13.3. The highest BCUT2D eigenvalue weighted by molar-refractivity contribution is 5.60. The zero-order valence-corrected chi connectivity index (χ0v) is 20.2. The first-order valence-corrected chi connectivity index (χ1v) is 11.9. The molecule has 3 aromatic rings. The van der Waals surface area contributed by atoms with Crippen LogP contribution in [0.4, 0.5) is 24.8 Å². The van der Waals surface area contributed by atoms with E-state index in [2.05, 4.69) is 41.8 Å².